The lowest BCUT2D eigenvalue weighted by molar-refractivity contribution is -0.158. The molecule has 0 aliphatic carbocycles. The van der Waals surface area contributed by atoms with Gasteiger partial charge < -0.3 is 14.5 Å². The summed E-state index contributed by atoms with van der Waals surface area (Å²) in [6.45, 7) is 21.5. The summed E-state index contributed by atoms with van der Waals surface area (Å²) < 4.78 is 5.49. The second kappa shape index (κ2) is 9.58. The van der Waals surface area contributed by atoms with Gasteiger partial charge in [-0.1, -0.05) is 55.4 Å². The van der Waals surface area contributed by atoms with Crippen molar-refractivity contribution in [1.82, 2.24) is 9.80 Å². The van der Waals surface area contributed by atoms with Gasteiger partial charge in [-0.2, -0.15) is 0 Å². The second-order valence-corrected chi connectivity index (χ2v) is 12.1. The molecule has 0 aromatic rings. The molecule has 3 atom stereocenters. The zero-order valence-electron chi connectivity index (χ0n) is 20.8. The molecule has 174 valence electrons. The van der Waals surface area contributed by atoms with E-state index in [1.54, 1.807) is 0 Å². The van der Waals surface area contributed by atoms with Gasteiger partial charge in [0.15, 0.2) is 0 Å². The molecule has 2 heterocycles. The van der Waals surface area contributed by atoms with E-state index >= 15 is 0 Å². The first-order valence-electron chi connectivity index (χ1n) is 11.9. The fourth-order valence-electron chi connectivity index (χ4n) is 5.67. The smallest absolute Gasteiger partial charge is 0.228 e. The Kier molecular flexibility index (Phi) is 8.04. The lowest BCUT2D eigenvalue weighted by atomic mass is 9.58. The largest absolute Gasteiger partial charge is 0.378 e. The van der Waals surface area contributed by atoms with Crippen molar-refractivity contribution in [2.24, 2.45) is 28.1 Å². The number of nitrogens with zero attached hydrogens (tertiary/aromatic N) is 2. The monoisotopic (exact) mass is 422 g/mol. The van der Waals surface area contributed by atoms with Gasteiger partial charge in [-0.05, 0) is 42.4 Å². The molecule has 2 fully saturated rings. The number of hydrogen-bond acceptors (Lipinski definition) is 3. The first-order valence-corrected chi connectivity index (χ1v) is 11.9. The Labute approximate surface area is 184 Å². The van der Waals surface area contributed by atoms with Crippen LogP contribution in [0.1, 0.15) is 81.1 Å². The van der Waals surface area contributed by atoms with Gasteiger partial charge in [0.1, 0.15) is 0 Å². The number of hydrogen-bond donors (Lipinski definition) is 0. The summed E-state index contributed by atoms with van der Waals surface area (Å²) >= 11 is 0. The number of amides is 2. The van der Waals surface area contributed by atoms with Crippen molar-refractivity contribution in [3.05, 3.63) is 0 Å². The van der Waals surface area contributed by atoms with Gasteiger partial charge in [-0.25, -0.2) is 0 Å². The molecular formula is C25H46N2O3. The van der Waals surface area contributed by atoms with Gasteiger partial charge in [-0.3, -0.25) is 9.59 Å². The SMILES string of the molecule is CC(C(C(=O)N1CCCCC1)C(C)(C)C)C(C)(CC(C)(C)C)C(=O)N1CCOCC1. The molecular weight excluding hydrogens is 376 g/mol. The number of ether oxygens (including phenoxy) is 1. The Morgan fingerprint density at radius 1 is 0.833 bits per heavy atom. The Hall–Kier alpha value is -1.10. The van der Waals surface area contributed by atoms with Gasteiger partial charge in [0.25, 0.3) is 0 Å². The molecule has 2 rings (SSSR count). The van der Waals surface area contributed by atoms with Crippen LogP contribution in [0.2, 0.25) is 0 Å². The number of rotatable bonds is 5. The fraction of sp³-hybridized carbons (Fsp3) is 0.920. The highest BCUT2D eigenvalue weighted by molar-refractivity contribution is 5.85. The fourth-order valence-corrected chi connectivity index (χ4v) is 5.67. The quantitative estimate of drug-likeness (QED) is 0.651. The van der Waals surface area contributed by atoms with E-state index in [-0.39, 0.29) is 34.5 Å². The van der Waals surface area contributed by atoms with Gasteiger partial charge in [-0.15, -0.1) is 0 Å². The standard InChI is InChI=1S/C25H46N2O3/c1-19(20(24(5,6)7)21(28)26-12-10-9-11-13-26)25(8,18-23(2,3)4)22(29)27-14-16-30-17-15-27/h19-20H,9-18H2,1-8H3. The van der Waals surface area contributed by atoms with Crippen LogP contribution in [0.25, 0.3) is 0 Å². The van der Waals surface area contributed by atoms with E-state index in [1.807, 2.05) is 4.90 Å². The van der Waals surface area contributed by atoms with Gasteiger partial charge in [0.2, 0.25) is 11.8 Å². The van der Waals surface area contributed by atoms with Crippen molar-refractivity contribution in [2.75, 3.05) is 39.4 Å². The van der Waals surface area contributed by atoms with E-state index in [1.165, 1.54) is 6.42 Å². The molecule has 0 N–H and O–H groups in total. The maximum atomic E-state index is 13.9. The van der Waals surface area contributed by atoms with Gasteiger partial charge in [0, 0.05) is 32.1 Å². The minimum absolute atomic E-state index is 0.0123. The van der Waals surface area contributed by atoms with Crippen LogP contribution in [-0.4, -0.2) is 61.0 Å². The van der Waals surface area contributed by atoms with Crippen molar-refractivity contribution in [1.29, 1.82) is 0 Å². The zero-order chi connectivity index (χ0) is 22.7. The molecule has 5 nitrogen and oxygen atoms in total. The van der Waals surface area contributed by atoms with Gasteiger partial charge >= 0.3 is 0 Å². The Bertz CT molecular complexity index is 592. The first kappa shape index (κ1) is 25.2. The van der Waals surface area contributed by atoms with Crippen molar-refractivity contribution in [3.63, 3.8) is 0 Å². The molecule has 0 aromatic carbocycles. The van der Waals surface area contributed by atoms with Crippen LogP contribution in [0.4, 0.5) is 0 Å². The second-order valence-electron chi connectivity index (χ2n) is 12.1. The van der Waals surface area contributed by atoms with Crippen molar-refractivity contribution < 1.29 is 14.3 Å². The van der Waals surface area contributed by atoms with Crippen LogP contribution < -0.4 is 0 Å². The number of piperidine rings is 1. The van der Waals surface area contributed by atoms with Crippen LogP contribution in [0, 0.1) is 28.1 Å². The molecule has 0 radical (unpaired) electrons. The summed E-state index contributed by atoms with van der Waals surface area (Å²) in [5.41, 5.74) is -0.821. The van der Waals surface area contributed by atoms with E-state index in [4.69, 9.17) is 4.74 Å². The molecule has 2 aliphatic heterocycles. The minimum Gasteiger partial charge on any atom is -0.378 e. The van der Waals surface area contributed by atoms with Crippen molar-refractivity contribution in [2.45, 2.75) is 81.1 Å². The third-order valence-corrected chi connectivity index (χ3v) is 7.06. The van der Waals surface area contributed by atoms with E-state index < -0.39 is 5.41 Å². The van der Waals surface area contributed by atoms with Crippen molar-refractivity contribution >= 4 is 11.8 Å². The molecule has 0 spiro atoms. The Morgan fingerprint density at radius 2 is 1.37 bits per heavy atom. The van der Waals surface area contributed by atoms with Crippen LogP contribution in [-0.2, 0) is 14.3 Å². The van der Waals surface area contributed by atoms with E-state index in [9.17, 15) is 9.59 Å². The summed E-state index contributed by atoms with van der Waals surface area (Å²) in [6.07, 6.45) is 4.14. The minimum atomic E-state index is -0.598. The molecule has 0 saturated carbocycles. The van der Waals surface area contributed by atoms with Crippen LogP contribution in [0.15, 0.2) is 0 Å². The summed E-state index contributed by atoms with van der Waals surface area (Å²) in [5.74, 6) is 0.188. The Morgan fingerprint density at radius 3 is 1.83 bits per heavy atom. The van der Waals surface area contributed by atoms with Crippen LogP contribution in [0.3, 0.4) is 0 Å². The topological polar surface area (TPSA) is 49.9 Å². The molecule has 2 saturated heterocycles. The lowest BCUT2D eigenvalue weighted by Crippen LogP contribution is -2.56. The van der Waals surface area contributed by atoms with Crippen LogP contribution in [0.5, 0.6) is 0 Å². The molecule has 3 unspecified atom stereocenters. The molecule has 2 amide bonds. The highest BCUT2D eigenvalue weighted by Crippen LogP contribution is 2.49. The number of carbonyl (C=O) groups is 2. The summed E-state index contributed by atoms with van der Waals surface area (Å²) in [7, 11) is 0. The third-order valence-electron chi connectivity index (χ3n) is 7.06. The maximum absolute atomic E-state index is 13.9. The molecule has 2 aliphatic rings. The third kappa shape index (κ3) is 5.99. The predicted octanol–water partition coefficient (Wildman–Crippen LogP) is 4.60. The normalized spacial score (nSPS) is 22.9. The molecule has 0 aromatic heterocycles. The van der Waals surface area contributed by atoms with Crippen LogP contribution >= 0.6 is 0 Å². The number of morpholine rings is 1. The van der Waals surface area contributed by atoms with E-state index in [2.05, 4.69) is 60.3 Å². The zero-order valence-corrected chi connectivity index (χ0v) is 20.8. The maximum Gasteiger partial charge on any atom is 0.228 e. The first-order chi connectivity index (χ1) is 13.8. The van der Waals surface area contributed by atoms with E-state index in [0.717, 1.165) is 32.4 Å². The lowest BCUT2D eigenvalue weighted by Gasteiger charge is -2.49. The van der Waals surface area contributed by atoms with E-state index in [0.29, 0.717) is 26.3 Å². The molecule has 5 heteroatoms. The summed E-state index contributed by atoms with van der Waals surface area (Å²) in [4.78, 5) is 31.7. The number of likely N-dealkylation sites (tertiary alicyclic amines) is 1. The van der Waals surface area contributed by atoms with Crippen molar-refractivity contribution in [3.8, 4) is 0 Å². The summed E-state index contributed by atoms with van der Waals surface area (Å²) in [6, 6.07) is 0. The number of carbonyl (C=O) groups excluding carboxylic acids is 2. The summed E-state index contributed by atoms with van der Waals surface area (Å²) in [5, 5.41) is 0. The average Bonchev–Trinajstić information content (AvgIpc) is 2.66. The average molecular weight is 423 g/mol. The predicted molar refractivity (Wildman–Crippen MR) is 122 cm³/mol. The van der Waals surface area contributed by atoms with Gasteiger partial charge in [0.05, 0.1) is 18.6 Å². The Balaban J connectivity index is 2.41. The molecule has 30 heavy (non-hydrogen) atoms. The highest BCUT2D eigenvalue weighted by atomic mass is 16.5. The molecule has 0 bridgehead atoms. The highest BCUT2D eigenvalue weighted by Gasteiger charge is 2.51.